The summed E-state index contributed by atoms with van der Waals surface area (Å²) in [6, 6.07) is 0. The smallest absolute Gasteiger partial charge is 0.134 e. The third kappa shape index (κ3) is 618. The molecule has 0 aromatic heterocycles. The van der Waals surface area contributed by atoms with E-state index in [2.05, 4.69) is 65.8 Å². The number of rotatable bonds is 0. The zero-order valence-electron chi connectivity index (χ0n) is 8.82. The molecule has 0 amide bonds. The Hall–Kier alpha value is -1.28. The summed E-state index contributed by atoms with van der Waals surface area (Å²) < 4.78 is 8.70. The molecule has 0 aromatic rings. The Morgan fingerprint density at radius 3 is 0.571 bits per heavy atom. The zero-order chi connectivity index (χ0) is 13.6. The summed E-state index contributed by atoms with van der Waals surface area (Å²) >= 11 is 0. The van der Waals surface area contributed by atoms with E-state index in [-0.39, 0.29) is 0 Å². The highest BCUT2D eigenvalue weighted by Crippen LogP contribution is 1.98. The van der Waals surface area contributed by atoms with E-state index < -0.39 is 8.25 Å². The third-order valence-electron chi connectivity index (χ3n) is 0. The van der Waals surface area contributed by atoms with E-state index in [0.29, 0.717) is 0 Å². The van der Waals surface area contributed by atoms with Crippen LogP contribution in [0.5, 0.6) is 0 Å². The van der Waals surface area contributed by atoms with Gasteiger partial charge in [-0.2, -0.15) is 0 Å². The molecule has 14 heavy (non-hydrogen) atoms. The van der Waals surface area contributed by atoms with Crippen LogP contribution in [0.25, 0.3) is 0 Å². The molecule has 0 aliphatic rings. The van der Waals surface area contributed by atoms with Crippen LogP contribution in [-0.4, -0.2) is 9.79 Å². The van der Waals surface area contributed by atoms with Crippen molar-refractivity contribution in [3.05, 3.63) is 65.8 Å². The van der Waals surface area contributed by atoms with Crippen molar-refractivity contribution in [2.24, 2.45) is 0 Å². The van der Waals surface area contributed by atoms with Crippen molar-refractivity contribution < 1.29 is 14.4 Å². The maximum absolute atomic E-state index is 8.70. The Kier molecular flexibility index (Phi) is 1260. The fourth-order valence-electron chi connectivity index (χ4n) is 0. The molecule has 4 heteroatoms. The van der Waals surface area contributed by atoms with Crippen LogP contribution in [0.4, 0.5) is 0 Å². The van der Waals surface area contributed by atoms with Gasteiger partial charge in [-0.15, -0.1) is 75.6 Å². The largest absolute Gasteiger partial charge is 0.692 e. The summed E-state index contributed by atoms with van der Waals surface area (Å²) in [5.41, 5.74) is 0. The molecule has 0 atom stereocenters. The van der Waals surface area contributed by atoms with Gasteiger partial charge in [0.25, 0.3) is 0 Å². The van der Waals surface area contributed by atoms with Crippen LogP contribution >= 0.6 is 8.25 Å². The fourth-order valence-corrected chi connectivity index (χ4v) is 0. The second kappa shape index (κ2) is 455. The van der Waals surface area contributed by atoms with Crippen molar-refractivity contribution in [3.63, 3.8) is 0 Å². The lowest BCUT2D eigenvalue weighted by Gasteiger charge is -1.34. The Morgan fingerprint density at radius 2 is 0.571 bits per heavy atom. The van der Waals surface area contributed by atoms with Gasteiger partial charge in [0, 0.05) is 4.57 Å². The first kappa shape index (κ1) is 38.7. The van der Waals surface area contributed by atoms with Gasteiger partial charge in [-0.3, -0.25) is 0 Å². The number of hydrogen-bond acceptors (Lipinski definition) is 1. The van der Waals surface area contributed by atoms with Crippen LogP contribution < -0.4 is 0 Å². The second-order valence-electron chi connectivity index (χ2n) is 0.253. The van der Waals surface area contributed by atoms with Gasteiger partial charge in [0.15, 0.2) is 0 Å². The van der Waals surface area contributed by atoms with E-state index in [1.807, 2.05) is 0 Å². The molecule has 0 bridgehead atoms. The van der Waals surface area contributed by atoms with Crippen molar-refractivity contribution in [3.8, 4) is 0 Å². The van der Waals surface area contributed by atoms with E-state index in [4.69, 9.17) is 14.4 Å². The van der Waals surface area contributed by atoms with Crippen LogP contribution in [0.1, 0.15) is 0 Å². The maximum Gasteiger partial charge on any atom is 0.692 e. The highest BCUT2D eigenvalue weighted by atomic mass is 31.1. The summed E-state index contributed by atoms with van der Waals surface area (Å²) in [6.45, 7) is 30.0. The normalized spacial score (nSPS) is 3.29. The van der Waals surface area contributed by atoms with Gasteiger partial charge in [0.2, 0.25) is 0 Å². The van der Waals surface area contributed by atoms with Gasteiger partial charge >= 0.3 is 8.25 Å². The van der Waals surface area contributed by atoms with E-state index in [1.54, 1.807) is 0 Å². The monoisotopic (exact) mass is 221 g/mol. The Balaban J connectivity index is -0.0000000143. The lowest BCUT2D eigenvalue weighted by atomic mass is 11.3. The highest BCUT2D eigenvalue weighted by molar-refractivity contribution is 7.30. The van der Waals surface area contributed by atoms with Gasteiger partial charge in [-0.1, -0.05) is 0 Å². The summed E-state index contributed by atoms with van der Waals surface area (Å²) in [5.74, 6) is 0. The lowest BCUT2D eigenvalue weighted by molar-refractivity contribution is 0.405. The quantitative estimate of drug-likeness (QED) is 0.485. The molecule has 0 spiro atoms. The first-order chi connectivity index (χ1) is 6.73. The first-order valence-electron chi connectivity index (χ1n) is 3.08. The van der Waals surface area contributed by atoms with E-state index >= 15 is 0 Å². The molecule has 0 fully saturated rings. The molecule has 0 saturated carbocycles. The van der Waals surface area contributed by atoms with Crippen molar-refractivity contribution in [2.45, 2.75) is 0 Å². The predicted octanol–water partition coefficient (Wildman–Crippen LogP) is 3.64. The first-order valence-corrected chi connectivity index (χ1v) is 4.25. The molecule has 0 saturated heterocycles. The minimum absolute atomic E-state index is 2.87. The Morgan fingerprint density at radius 1 is 0.571 bits per heavy atom. The molecule has 0 rings (SSSR count). The van der Waals surface area contributed by atoms with Crippen LogP contribution in [0.3, 0.4) is 0 Å². The van der Waals surface area contributed by atoms with Gasteiger partial charge in [0.05, 0.1) is 0 Å². The summed E-state index contributed by atoms with van der Waals surface area (Å²) in [6.07, 6.45) is 0. The third-order valence-corrected chi connectivity index (χ3v) is 0. The SMILES string of the molecule is C=C.C=C.C=C.C=C.C=C.O=[P+](O)O. The standard InChI is InChI=1S/5C2H4.HO3P/c5*1-2;1-4(2)3/h5*1-2H2;(H-,1,2,3)/p+1. The van der Waals surface area contributed by atoms with Crippen molar-refractivity contribution in [1.29, 1.82) is 0 Å². The van der Waals surface area contributed by atoms with Crippen molar-refractivity contribution >= 4 is 8.25 Å². The van der Waals surface area contributed by atoms with Gasteiger partial charge < -0.3 is 0 Å². The van der Waals surface area contributed by atoms with Gasteiger partial charge in [-0.05, 0) is 0 Å². The van der Waals surface area contributed by atoms with Crippen molar-refractivity contribution in [1.82, 2.24) is 0 Å². The fraction of sp³-hybridized carbons (Fsp3) is 0. The van der Waals surface area contributed by atoms with Gasteiger partial charge in [0.1, 0.15) is 0 Å². The molecule has 0 radical (unpaired) electrons. The summed E-state index contributed by atoms with van der Waals surface area (Å²) in [4.78, 5) is 14.2. The highest BCUT2D eigenvalue weighted by Gasteiger charge is 1.93. The topological polar surface area (TPSA) is 57.5 Å². The van der Waals surface area contributed by atoms with E-state index in [1.165, 1.54) is 0 Å². The Labute approximate surface area is 89.1 Å². The molecular formula is C10H22O3P+. The van der Waals surface area contributed by atoms with Crippen LogP contribution in [0.15, 0.2) is 65.8 Å². The Bertz CT molecular complexity index is 71.8. The summed E-state index contributed by atoms with van der Waals surface area (Å²) in [7, 11) is -2.87. The molecule has 0 aliphatic carbocycles. The van der Waals surface area contributed by atoms with Gasteiger partial charge in [-0.25, -0.2) is 0 Å². The summed E-state index contributed by atoms with van der Waals surface area (Å²) in [5, 5.41) is 0. The minimum atomic E-state index is -2.87. The van der Waals surface area contributed by atoms with Crippen molar-refractivity contribution in [2.75, 3.05) is 0 Å². The minimum Gasteiger partial charge on any atom is -0.134 e. The molecule has 2 N–H and O–H groups in total. The van der Waals surface area contributed by atoms with Crippen LogP contribution in [0.2, 0.25) is 0 Å². The molecule has 0 aliphatic heterocycles. The predicted molar refractivity (Wildman–Crippen MR) is 68.3 cm³/mol. The van der Waals surface area contributed by atoms with Crippen LogP contribution in [0, 0.1) is 0 Å². The zero-order valence-corrected chi connectivity index (χ0v) is 9.72. The molecule has 0 unspecified atom stereocenters. The van der Waals surface area contributed by atoms with Crippen LogP contribution in [-0.2, 0) is 4.57 Å². The second-order valence-corrected chi connectivity index (χ2v) is 0.758. The molecule has 0 heterocycles. The lowest BCUT2D eigenvalue weighted by Crippen LogP contribution is -1.38. The average Bonchev–Trinajstić information content (AvgIpc) is 2.30. The number of hydrogen-bond donors (Lipinski definition) is 2. The van der Waals surface area contributed by atoms with E-state index in [0.717, 1.165) is 0 Å². The molecular weight excluding hydrogens is 199 g/mol. The molecule has 0 aromatic carbocycles. The maximum atomic E-state index is 8.70. The van der Waals surface area contributed by atoms with E-state index in [9.17, 15) is 0 Å². The average molecular weight is 221 g/mol. The molecule has 84 valence electrons. The molecule has 3 nitrogen and oxygen atoms in total.